The number of hydrogen-bond acceptors (Lipinski definition) is 3. The Balaban J connectivity index is 3.43. The topological polar surface area (TPSA) is 109 Å². The summed E-state index contributed by atoms with van der Waals surface area (Å²) in [4.78, 5) is 2.52. The summed E-state index contributed by atoms with van der Waals surface area (Å²) in [7, 11) is -3.76. The molecule has 0 amide bonds. The van der Waals surface area contributed by atoms with Crippen molar-refractivity contribution in [2.75, 3.05) is 0 Å². The van der Waals surface area contributed by atoms with E-state index in [1.165, 1.54) is 18.2 Å². The molecule has 0 aliphatic heterocycles. The van der Waals surface area contributed by atoms with Gasteiger partial charge in [-0.1, -0.05) is 17.2 Å². The standard InChI is InChI=1S/C7H8N4O2S/c1-5-2-3-6(10-11-8)4-7(5)14(9,12)13/h2-4H,1H3,(H2,9,12,13). The van der Waals surface area contributed by atoms with Crippen LogP contribution in [0.25, 0.3) is 10.4 Å². The van der Waals surface area contributed by atoms with E-state index in [4.69, 9.17) is 10.7 Å². The van der Waals surface area contributed by atoms with Crippen LogP contribution in [0.1, 0.15) is 5.56 Å². The van der Waals surface area contributed by atoms with Crippen molar-refractivity contribution in [1.29, 1.82) is 0 Å². The van der Waals surface area contributed by atoms with Crippen molar-refractivity contribution in [2.24, 2.45) is 10.3 Å². The van der Waals surface area contributed by atoms with E-state index in [9.17, 15) is 8.42 Å². The Morgan fingerprint density at radius 3 is 2.64 bits per heavy atom. The lowest BCUT2D eigenvalue weighted by Gasteiger charge is -2.03. The van der Waals surface area contributed by atoms with Gasteiger partial charge in [-0.25, -0.2) is 13.6 Å². The Labute approximate surface area is 81.0 Å². The number of nitrogens with two attached hydrogens (primary N) is 1. The van der Waals surface area contributed by atoms with Gasteiger partial charge in [0.2, 0.25) is 10.0 Å². The third-order valence-corrected chi connectivity index (χ3v) is 2.69. The van der Waals surface area contributed by atoms with Gasteiger partial charge in [0.05, 0.1) is 4.90 Å². The van der Waals surface area contributed by atoms with Crippen molar-refractivity contribution in [3.8, 4) is 0 Å². The largest absolute Gasteiger partial charge is 0.238 e. The summed E-state index contributed by atoms with van der Waals surface area (Å²) in [6.07, 6.45) is 0. The molecule has 0 radical (unpaired) electrons. The van der Waals surface area contributed by atoms with Gasteiger partial charge < -0.3 is 0 Å². The van der Waals surface area contributed by atoms with Gasteiger partial charge in [0.1, 0.15) is 0 Å². The van der Waals surface area contributed by atoms with Crippen molar-refractivity contribution >= 4 is 15.7 Å². The van der Waals surface area contributed by atoms with E-state index in [0.29, 0.717) is 5.56 Å². The molecule has 7 heteroatoms. The van der Waals surface area contributed by atoms with Gasteiger partial charge in [-0.15, -0.1) is 0 Å². The molecule has 0 fully saturated rings. The number of sulfonamides is 1. The lowest BCUT2D eigenvalue weighted by Crippen LogP contribution is -2.13. The molecular formula is C7H8N4O2S. The first kappa shape index (κ1) is 10.5. The van der Waals surface area contributed by atoms with E-state index >= 15 is 0 Å². The van der Waals surface area contributed by atoms with Gasteiger partial charge in [-0.05, 0) is 24.1 Å². The predicted molar refractivity (Wildman–Crippen MR) is 51.4 cm³/mol. The predicted octanol–water partition coefficient (Wildman–Crippen LogP) is 1.58. The molecule has 0 spiro atoms. The zero-order valence-corrected chi connectivity index (χ0v) is 8.19. The van der Waals surface area contributed by atoms with E-state index in [1.807, 2.05) is 0 Å². The fourth-order valence-corrected chi connectivity index (χ4v) is 1.81. The molecule has 0 saturated carbocycles. The number of rotatable bonds is 2. The normalized spacial score (nSPS) is 10.7. The number of hydrogen-bond donors (Lipinski definition) is 1. The first-order valence-corrected chi connectivity index (χ1v) is 5.18. The molecule has 0 heterocycles. The summed E-state index contributed by atoms with van der Waals surface area (Å²) in [5.41, 5.74) is 8.90. The summed E-state index contributed by atoms with van der Waals surface area (Å²) in [6, 6.07) is 4.29. The lowest BCUT2D eigenvalue weighted by atomic mass is 10.2. The Kier molecular flexibility index (Phi) is 2.76. The minimum absolute atomic E-state index is 0.0256. The zero-order valence-electron chi connectivity index (χ0n) is 7.38. The second kappa shape index (κ2) is 3.67. The number of nitrogens with zero attached hydrogens (tertiary/aromatic N) is 3. The molecule has 0 aromatic heterocycles. The number of primary sulfonamides is 1. The van der Waals surface area contributed by atoms with Crippen LogP contribution in [0.15, 0.2) is 28.2 Å². The molecule has 0 aliphatic rings. The van der Waals surface area contributed by atoms with Gasteiger partial charge in [-0.3, -0.25) is 0 Å². The van der Waals surface area contributed by atoms with Crippen molar-refractivity contribution < 1.29 is 8.42 Å². The third-order valence-electron chi connectivity index (χ3n) is 1.64. The van der Waals surface area contributed by atoms with Crippen LogP contribution in [-0.2, 0) is 10.0 Å². The van der Waals surface area contributed by atoms with Gasteiger partial charge in [0.15, 0.2) is 0 Å². The van der Waals surface area contributed by atoms with Gasteiger partial charge in [0.25, 0.3) is 0 Å². The smallest absolute Gasteiger partial charge is 0.225 e. The second-order valence-corrected chi connectivity index (χ2v) is 4.21. The minimum atomic E-state index is -3.76. The molecule has 2 N–H and O–H groups in total. The lowest BCUT2D eigenvalue weighted by molar-refractivity contribution is 0.597. The monoisotopic (exact) mass is 212 g/mol. The first-order valence-electron chi connectivity index (χ1n) is 3.63. The molecule has 0 atom stereocenters. The highest BCUT2D eigenvalue weighted by molar-refractivity contribution is 7.89. The molecule has 6 nitrogen and oxygen atoms in total. The molecule has 1 aromatic carbocycles. The van der Waals surface area contributed by atoms with Crippen molar-refractivity contribution in [2.45, 2.75) is 11.8 Å². The molecule has 74 valence electrons. The van der Waals surface area contributed by atoms with Gasteiger partial charge in [-0.2, -0.15) is 0 Å². The maximum Gasteiger partial charge on any atom is 0.238 e. The van der Waals surface area contributed by atoms with E-state index < -0.39 is 10.0 Å². The second-order valence-electron chi connectivity index (χ2n) is 2.68. The van der Waals surface area contributed by atoms with Crippen molar-refractivity contribution in [3.05, 3.63) is 34.2 Å². The van der Waals surface area contributed by atoms with Crippen LogP contribution >= 0.6 is 0 Å². The summed E-state index contributed by atoms with van der Waals surface area (Å²) in [6.45, 7) is 1.61. The van der Waals surface area contributed by atoms with Crippen LogP contribution in [0.3, 0.4) is 0 Å². The van der Waals surface area contributed by atoms with Crippen LogP contribution in [0.5, 0.6) is 0 Å². The Hall–Kier alpha value is -1.56. The Morgan fingerprint density at radius 2 is 2.14 bits per heavy atom. The molecule has 0 aliphatic carbocycles. The third kappa shape index (κ3) is 2.23. The average Bonchev–Trinajstić information content (AvgIpc) is 2.07. The average molecular weight is 212 g/mol. The van der Waals surface area contributed by atoms with E-state index in [0.717, 1.165) is 0 Å². The highest BCUT2D eigenvalue weighted by Gasteiger charge is 2.11. The van der Waals surface area contributed by atoms with Crippen molar-refractivity contribution in [3.63, 3.8) is 0 Å². The molecule has 1 aromatic rings. The van der Waals surface area contributed by atoms with Crippen LogP contribution in [-0.4, -0.2) is 8.42 Å². The Bertz CT molecular complexity index is 502. The molecular weight excluding hydrogens is 204 g/mol. The van der Waals surface area contributed by atoms with E-state index in [1.54, 1.807) is 6.92 Å². The number of aryl methyl sites for hydroxylation is 1. The molecule has 0 bridgehead atoms. The maximum absolute atomic E-state index is 11.1. The van der Waals surface area contributed by atoms with Crippen LogP contribution in [0.4, 0.5) is 5.69 Å². The summed E-state index contributed by atoms with van der Waals surface area (Å²) in [5, 5.41) is 8.24. The summed E-state index contributed by atoms with van der Waals surface area (Å²) in [5.74, 6) is 0. The van der Waals surface area contributed by atoms with E-state index in [2.05, 4.69) is 10.0 Å². The van der Waals surface area contributed by atoms with Crippen LogP contribution in [0.2, 0.25) is 0 Å². The van der Waals surface area contributed by atoms with Crippen molar-refractivity contribution in [1.82, 2.24) is 0 Å². The first-order chi connectivity index (χ1) is 6.45. The fraction of sp³-hybridized carbons (Fsp3) is 0.143. The highest BCUT2D eigenvalue weighted by atomic mass is 32.2. The van der Waals surface area contributed by atoms with Gasteiger partial charge in [0, 0.05) is 10.6 Å². The summed E-state index contributed by atoms with van der Waals surface area (Å²) >= 11 is 0. The molecule has 1 rings (SSSR count). The van der Waals surface area contributed by atoms with Gasteiger partial charge >= 0.3 is 0 Å². The fourth-order valence-electron chi connectivity index (χ4n) is 1.01. The maximum atomic E-state index is 11.1. The van der Waals surface area contributed by atoms with E-state index in [-0.39, 0.29) is 10.6 Å². The number of azide groups is 1. The molecule has 0 saturated heterocycles. The number of benzene rings is 1. The quantitative estimate of drug-likeness (QED) is 0.456. The summed E-state index contributed by atoms with van der Waals surface area (Å²) < 4.78 is 22.1. The minimum Gasteiger partial charge on any atom is -0.225 e. The molecule has 14 heavy (non-hydrogen) atoms. The Morgan fingerprint density at radius 1 is 1.50 bits per heavy atom. The highest BCUT2D eigenvalue weighted by Crippen LogP contribution is 2.20. The molecule has 0 unspecified atom stereocenters. The SMILES string of the molecule is Cc1ccc(N=[N+]=[N-])cc1S(N)(=O)=O. The van der Waals surface area contributed by atoms with Crippen LogP contribution in [0, 0.1) is 6.92 Å². The zero-order chi connectivity index (χ0) is 10.8. The van der Waals surface area contributed by atoms with Crippen LogP contribution < -0.4 is 5.14 Å².